The third-order valence-electron chi connectivity index (χ3n) is 3.90. The second-order valence-electron chi connectivity index (χ2n) is 5.79. The van der Waals surface area contributed by atoms with Crippen molar-refractivity contribution in [1.29, 1.82) is 0 Å². The van der Waals surface area contributed by atoms with Crippen LogP contribution in [0.4, 0.5) is 10.1 Å². The average molecular weight is 401 g/mol. The molecule has 0 saturated heterocycles. The first-order chi connectivity index (χ1) is 13.0. The van der Waals surface area contributed by atoms with Crippen molar-refractivity contribution in [2.45, 2.75) is 0 Å². The first-order valence-corrected chi connectivity index (χ1v) is 8.68. The number of halogens is 3. The number of rotatable bonds is 3. The van der Waals surface area contributed by atoms with Gasteiger partial charge in [-0.05, 0) is 54.6 Å². The van der Waals surface area contributed by atoms with Crippen molar-refractivity contribution in [2.24, 2.45) is 0 Å². The van der Waals surface area contributed by atoms with Crippen molar-refractivity contribution >= 4 is 45.9 Å². The fraction of sp³-hybridized carbons (Fsp3) is 0. The SMILES string of the molecule is O=C(Nc1ccc2oc(-c3ccc(Cl)c(Cl)c3)nc2c1)c1cccc(F)c1. The van der Waals surface area contributed by atoms with Crippen molar-refractivity contribution in [3.8, 4) is 11.5 Å². The summed E-state index contributed by atoms with van der Waals surface area (Å²) >= 11 is 12.0. The number of carbonyl (C=O) groups excluding carboxylic acids is 1. The zero-order chi connectivity index (χ0) is 19.0. The van der Waals surface area contributed by atoms with E-state index in [1.54, 1.807) is 36.4 Å². The number of benzene rings is 3. The van der Waals surface area contributed by atoms with E-state index in [9.17, 15) is 9.18 Å². The molecule has 1 heterocycles. The van der Waals surface area contributed by atoms with E-state index in [4.69, 9.17) is 27.6 Å². The molecule has 0 unspecified atom stereocenters. The Morgan fingerprint density at radius 3 is 2.63 bits per heavy atom. The largest absolute Gasteiger partial charge is 0.436 e. The van der Waals surface area contributed by atoms with Gasteiger partial charge in [-0.3, -0.25) is 4.79 Å². The molecule has 0 aliphatic carbocycles. The summed E-state index contributed by atoms with van der Waals surface area (Å²) in [7, 11) is 0. The van der Waals surface area contributed by atoms with Crippen molar-refractivity contribution in [1.82, 2.24) is 4.98 Å². The lowest BCUT2D eigenvalue weighted by Crippen LogP contribution is -2.11. The highest BCUT2D eigenvalue weighted by molar-refractivity contribution is 6.42. The van der Waals surface area contributed by atoms with Gasteiger partial charge in [0.15, 0.2) is 5.58 Å². The Hall–Kier alpha value is -2.89. The third kappa shape index (κ3) is 3.65. The molecule has 1 amide bonds. The van der Waals surface area contributed by atoms with Gasteiger partial charge in [-0.1, -0.05) is 29.3 Å². The van der Waals surface area contributed by atoms with E-state index in [0.29, 0.717) is 38.3 Å². The molecular weight excluding hydrogens is 390 g/mol. The Morgan fingerprint density at radius 2 is 1.85 bits per heavy atom. The number of oxazole rings is 1. The summed E-state index contributed by atoms with van der Waals surface area (Å²) in [5.74, 6) is -0.500. The van der Waals surface area contributed by atoms with Gasteiger partial charge in [-0.15, -0.1) is 0 Å². The number of amides is 1. The highest BCUT2D eigenvalue weighted by Gasteiger charge is 2.12. The van der Waals surface area contributed by atoms with Gasteiger partial charge < -0.3 is 9.73 Å². The van der Waals surface area contributed by atoms with E-state index in [-0.39, 0.29) is 5.56 Å². The van der Waals surface area contributed by atoms with Crippen molar-refractivity contribution in [2.75, 3.05) is 5.32 Å². The fourth-order valence-corrected chi connectivity index (χ4v) is 2.89. The average Bonchev–Trinajstić information content (AvgIpc) is 3.07. The highest BCUT2D eigenvalue weighted by Crippen LogP contribution is 2.30. The van der Waals surface area contributed by atoms with E-state index >= 15 is 0 Å². The zero-order valence-corrected chi connectivity index (χ0v) is 15.2. The van der Waals surface area contributed by atoms with Crippen LogP contribution in [0, 0.1) is 5.82 Å². The third-order valence-corrected chi connectivity index (χ3v) is 4.64. The lowest BCUT2D eigenvalue weighted by molar-refractivity contribution is 0.102. The molecule has 3 aromatic carbocycles. The van der Waals surface area contributed by atoms with E-state index < -0.39 is 11.7 Å². The van der Waals surface area contributed by atoms with Gasteiger partial charge in [0.25, 0.3) is 5.91 Å². The standard InChI is InChI=1S/C20H11Cl2FN2O2/c21-15-6-4-12(9-16(15)22)20-25-17-10-14(5-7-18(17)27-20)24-19(26)11-2-1-3-13(23)8-11/h1-10H,(H,24,26). The number of hydrogen-bond donors (Lipinski definition) is 1. The topological polar surface area (TPSA) is 55.1 Å². The molecule has 0 aliphatic rings. The van der Waals surface area contributed by atoms with Crippen LogP contribution in [0.15, 0.2) is 65.1 Å². The van der Waals surface area contributed by atoms with Crippen molar-refractivity contribution in [3.05, 3.63) is 82.1 Å². The van der Waals surface area contributed by atoms with E-state index in [1.165, 1.54) is 24.3 Å². The van der Waals surface area contributed by atoms with Crippen LogP contribution in [0.5, 0.6) is 0 Å². The van der Waals surface area contributed by atoms with Gasteiger partial charge in [-0.25, -0.2) is 9.37 Å². The summed E-state index contributed by atoms with van der Waals surface area (Å²) in [5, 5.41) is 3.56. The van der Waals surface area contributed by atoms with Gasteiger partial charge in [0, 0.05) is 16.8 Å². The number of fused-ring (bicyclic) bond motifs is 1. The second kappa shape index (κ2) is 7.02. The number of nitrogens with one attached hydrogen (secondary N) is 1. The minimum atomic E-state index is -0.471. The van der Waals surface area contributed by atoms with Crippen molar-refractivity contribution < 1.29 is 13.6 Å². The van der Waals surface area contributed by atoms with Crippen LogP contribution in [0.1, 0.15) is 10.4 Å². The molecule has 0 bridgehead atoms. The van der Waals surface area contributed by atoms with Crippen LogP contribution in [-0.4, -0.2) is 10.9 Å². The number of nitrogens with zero attached hydrogens (tertiary/aromatic N) is 1. The second-order valence-corrected chi connectivity index (χ2v) is 6.61. The maximum Gasteiger partial charge on any atom is 0.255 e. The molecule has 1 N–H and O–H groups in total. The van der Waals surface area contributed by atoms with Gasteiger partial charge >= 0.3 is 0 Å². The summed E-state index contributed by atoms with van der Waals surface area (Å²) < 4.78 is 19.0. The molecule has 4 nitrogen and oxygen atoms in total. The lowest BCUT2D eigenvalue weighted by atomic mass is 10.2. The van der Waals surface area contributed by atoms with Crippen LogP contribution in [0.3, 0.4) is 0 Å². The molecule has 27 heavy (non-hydrogen) atoms. The fourth-order valence-electron chi connectivity index (χ4n) is 2.59. The van der Waals surface area contributed by atoms with E-state index in [0.717, 1.165) is 0 Å². The van der Waals surface area contributed by atoms with Gasteiger partial charge in [0.1, 0.15) is 11.3 Å². The van der Waals surface area contributed by atoms with Gasteiger partial charge in [-0.2, -0.15) is 0 Å². The number of carbonyl (C=O) groups is 1. The molecule has 0 spiro atoms. The summed E-state index contributed by atoms with van der Waals surface area (Å²) in [6.45, 7) is 0. The maximum absolute atomic E-state index is 13.3. The molecule has 0 fully saturated rings. The lowest BCUT2D eigenvalue weighted by Gasteiger charge is -2.04. The Morgan fingerprint density at radius 1 is 1.00 bits per heavy atom. The number of anilines is 1. The first kappa shape index (κ1) is 17.5. The minimum Gasteiger partial charge on any atom is -0.436 e. The van der Waals surface area contributed by atoms with Crippen LogP contribution < -0.4 is 5.32 Å². The van der Waals surface area contributed by atoms with Crippen molar-refractivity contribution in [3.63, 3.8) is 0 Å². The van der Waals surface area contributed by atoms with Gasteiger partial charge in [0.05, 0.1) is 10.0 Å². The minimum absolute atomic E-state index is 0.228. The molecule has 7 heteroatoms. The predicted octanol–water partition coefficient (Wildman–Crippen LogP) is 6.19. The molecule has 0 aliphatic heterocycles. The molecule has 0 atom stereocenters. The van der Waals surface area contributed by atoms with E-state index in [1.807, 2.05) is 0 Å². The Labute approximate surface area is 163 Å². The first-order valence-electron chi connectivity index (χ1n) is 7.92. The van der Waals surface area contributed by atoms with Gasteiger partial charge in [0.2, 0.25) is 5.89 Å². The van der Waals surface area contributed by atoms with Crippen LogP contribution in [-0.2, 0) is 0 Å². The molecule has 4 rings (SSSR count). The van der Waals surface area contributed by atoms with E-state index in [2.05, 4.69) is 10.3 Å². The maximum atomic E-state index is 13.3. The number of hydrogen-bond acceptors (Lipinski definition) is 3. The summed E-state index contributed by atoms with van der Waals surface area (Å²) in [4.78, 5) is 16.7. The molecule has 4 aromatic rings. The monoisotopic (exact) mass is 400 g/mol. The smallest absolute Gasteiger partial charge is 0.255 e. The molecule has 134 valence electrons. The Kier molecular flexibility index (Phi) is 4.56. The molecule has 0 radical (unpaired) electrons. The summed E-state index contributed by atoms with van der Waals surface area (Å²) in [6, 6.07) is 15.6. The number of aromatic nitrogens is 1. The van der Waals surface area contributed by atoms with Crippen LogP contribution in [0.25, 0.3) is 22.6 Å². The Bertz CT molecular complexity index is 1170. The highest BCUT2D eigenvalue weighted by atomic mass is 35.5. The normalized spacial score (nSPS) is 10.9. The quantitative estimate of drug-likeness (QED) is 0.445. The summed E-state index contributed by atoms with van der Waals surface area (Å²) in [6.07, 6.45) is 0. The molecule has 0 saturated carbocycles. The predicted molar refractivity (Wildman–Crippen MR) is 104 cm³/mol. The summed E-state index contributed by atoms with van der Waals surface area (Å²) in [5.41, 5.74) is 2.55. The zero-order valence-electron chi connectivity index (χ0n) is 13.7. The van der Waals surface area contributed by atoms with Crippen LogP contribution in [0.2, 0.25) is 10.0 Å². The van der Waals surface area contributed by atoms with Crippen LogP contribution >= 0.6 is 23.2 Å². The molecular formula is C20H11Cl2FN2O2. The molecule has 1 aromatic heterocycles. The Balaban J connectivity index is 1.62.